The Labute approximate surface area is 167 Å². The molecule has 0 spiro atoms. The molecule has 2 amide bonds. The van der Waals surface area contributed by atoms with Crippen LogP contribution in [0.3, 0.4) is 0 Å². The Balaban J connectivity index is 1.79. The highest BCUT2D eigenvalue weighted by Crippen LogP contribution is 2.28. The van der Waals surface area contributed by atoms with Gasteiger partial charge in [-0.25, -0.2) is 9.18 Å². The summed E-state index contributed by atoms with van der Waals surface area (Å²) in [5.41, 5.74) is 2.25. The lowest BCUT2D eigenvalue weighted by Crippen LogP contribution is -2.39. The third kappa shape index (κ3) is 4.95. The average molecular weight is 393 g/mol. The number of carbonyl (C=O) groups is 1. The number of non-ortho nitro benzene ring substituents is 1. The third-order valence-corrected chi connectivity index (χ3v) is 4.57. The Morgan fingerprint density at radius 3 is 2.34 bits per heavy atom. The molecule has 0 aliphatic carbocycles. The summed E-state index contributed by atoms with van der Waals surface area (Å²) in [6, 6.07) is 20.8. The minimum absolute atomic E-state index is 0.0291. The summed E-state index contributed by atoms with van der Waals surface area (Å²) >= 11 is 0. The number of halogens is 1. The van der Waals surface area contributed by atoms with Gasteiger partial charge in [-0.05, 0) is 28.8 Å². The van der Waals surface area contributed by atoms with E-state index in [1.807, 2.05) is 30.3 Å². The van der Waals surface area contributed by atoms with Crippen LogP contribution in [0.5, 0.6) is 0 Å². The van der Waals surface area contributed by atoms with Gasteiger partial charge >= 0.3 is 6.03 Å². The normalized spacial score (nSPS) is 11.5. The third-order valence-electron chi connectivity index (χ3n) is 4.57. The molecule has 148 valence electrons. The number of urea groups is 1. The predicted molar refractivity (Wildman–Crippen MR) is 108 cm³/mol. The van der Waals surface area contributed by atoms with Crippen LogP contribution in [0.2, 0.25) is 0 Å². The number of nitrogens with one attached hydrogen (secondary N) is 1. The first-order chi connectivity index (χ1) is 14.0. The zero-order valence-corrected chi connectivity index (χ0v) is 15.8. The summed E-state index contributed by atoms with van der Waals surface area (Å²) in [4.78, 5) is 24.8. The quantitative estimate of drug-likeness (QED) is 0.489. The van der Waals surface area contributed by atoms with Crippen molar-refractivity contribution in [3.63, 3.8) is 0 Å². The van der Waals surface area contributed by atoms with E-state index in [4.69, 9.17) is 0 Å². The molecular formula is C22H20FN3O3. The summed E-state index contributed by atoms with van der Waals surface area (Å²) in [6.45, 7) is 0.149. The fourth-order valence-corrected chi connectivity index (χ4v) is 3.12. The lowest BCUT2D eigenvalue weighted by molar-refractivity contribution is -0.384. The number of hydrogen-bond acceptors (Lipinski definition) is 3. The summed E-state index contributed by atoms with van der Waals surface area (Å²) in [5.74, 6) is -0.349. The van der Waals surface area contributed by atoms with Crippen LogP contribution in [-0.2, 0) is 6.54 Å². The van der Waals surface area contributed by atoms with Gasteiger partial charge in [0.15, 0.2) is 0 Å². The second kappa shape index (κ2) is 8.97. The topological polar surface area (TPSA) is 75.5 Å². The van der Waals surface area contributed by atoms with E-state index in [1.54, 1.807) is 31.3 Å². The monoisotopic (exact) mass is 393 g/mol. The Hall–Kier alpha value is -3.74. The van der Waals surface area contributed by atoms with E-state index in [0.29, 0.717) is 5.56 Å². The molecule has 0 radical (unpaired) electrons. The molecule has 7 heteroatoms. The molecule has 0 bridgehead atoms. The van der Waals surface area contributed by atoms with Gasteiger partial charge in [0.1, 0.15) is 5.82 Å². The first-order valence-electron chi connectivity index (χ1n) is 9.00. The standard InChI is InChI=1S/C22H20FN3O3/c1-25(22(27)24-15-16-6-5-9-20(14-16)26(28)29)21(17-7-3-2-4-8-17)18-10-12-19(23)13-11-18/h2-14,21H,15H2,1H3,(H,24,27). The van der Waals surface area contributed by atoms with Crippen molar-refractivity contribution in [3.8, 4) is 0 Å². The molecule has 0 saturated heterocycles. The van der Waals surface area contributed by atoms with Gasteiger partial charge < -0.3 is 10.2 Å². The fourth-order valence-electron chi connectivity index (χ4n) is 3.12. The Morgan fingerprint density at radius 2 is 1.69 bits per heavy atom. The van der Waals surface area contributed by atoms with E-state index >= 15 is 0 Å². The van der Waals surface area contributed by atoms with Gasteiger partial charge in [-0.1, -0.05) is 54.6 Å². The zero-order valence-electron chi connectivity index (χ0n) is 15.8. The molecule has 1 atom stereocenters. The van der Waals surface area contributed by atoms with Crippen LogP contribution < -0.4 is 5.32 Å². The maximum Gasteiger partial charge on any atom is 0.318 e. The van der Waals surface area contributed by atoms with E-state index < -0.39 is 11.0 Å². The first-order valence-corrected chi connectivity index (χ1v) is 9.00. The van der Waals surface area contributed by atoms with Crippen molar-refractivity contribution in [2.75, 3.05) is 7.05 Å². The van der Waals surface area contributed by atoms with Crippen LogP contribution in [0, 0.1) is 15.9 Å². The average Bonchev–Trinajstić information content (AvgIpc) is 2.74. The molecule has 6 nitrogen and oxygen atoms in total. The largest absolute Gasteiger partial charge is 0.334 e. The van der Waals surface area contributed by atoms with Crippen LogP contribution in [-0.4, -0.2) is 22.9 Å². The summed E-state index contributed by atoms with van der Waals surface area (Å²) in [6.07, 6.45) is 0. The first kappa shape index (κ1) is 20.0. The van der Waals surface area contributed by atoms with Gasteiger partial charge in [0.05, 0.1) is 11.0 Å². The highest BCUT2D eigenvalue weighted by Gasteiger charge is 2.23. The van der Waals surface area contributed by atoms with Crippen LogP contribution in [0.4, 0.5) is 14.9 Å². The van der Waals surface area contributed by atoms with Gasteiger partial charge in [-0.15, -0.1) is 0 Å². The van der Waals surface area contributed by atoms with Crippen molar-refractivity contribution in [1.29, 1.82) is 0 Å². The molecule has 0 aromatic heterocycles. The van der Waals surface area contributed by atoms with Gasteiger partial charge in [0.2, 0.25) is 0 Å². The molecule has 0 aliphatic rings. The lowest BCUT2D eigenvalue weighted by Gasteiger charge is -2.29. The van der Waals surface area contributed by atoms with Gasteiger partial charge in [0, 0.05) is 25.7 Å². The number of nitrogens with zero attached hydrogens (tertiary/aromatic N) is 2. The minimum atomic E-state index is -0.475. The molecular weight excluding hydrogens is 373 g/mol. The van der Waals surface area contributed by atoms with E-state index in [-0.39, 0.29) is 24.1 Å². The number of benzene rings is 3. The van der Waals surface area contributed by atoms with Crippen LogP contribution in [0.25, 0.3) is 0 Å². The summed E-state index contributed by atoms with van der Waals surface area (Å²) in [5, 5.41) is 13.7. The molecule has 3 rings (SSSR count). The van der Waals surface area contributed by atoms with E-state index in [0.717, 1.165) is 11.1 Å². The maximum atomic E-state index is 13.4. The number of nitro groups is 1. The SMILES string of the molecule is CN(C(=O)NCc1cccc([N+](=O)[O-])c1)C(c1ccccc1)c1ccc(F)cc1. The number of carbonyl (C=O) groups excluding carboxylic acids is 1. The fraction of sp³-hybridized carbons (Fsp3) is 0.136. The van der Waals surface area contributed by atoms with Gasteiger partial charge in [-0.3, -0.25) is 10.1 Å². The van der Waals surface area contributed by atoms with Crippen molar-refractivity contribution in [2.24, 2.45) is 0 Å². The molecule has 3 aromatic carbocycles. The van der Waals surface area contributed by atoms with E-state index in [2.05, 4.69) is 5.32 Å². The molecule has 0 heterocycles. The summed E-state index contributed by atoms with van der Waals surface area (Å²) < 4.78 is 13.4. The Kier molecular flexibility index (Phi) is 6.19. The molecule has 0 aliphatic heterocycles. The highest BCUT2D eigenvalue weighted by molar-refractivity contribution is 5.75. The zero-order chi connectivity index (χ0) is 20.8. The van der Waals surface area contributed by atoms with Crippen molar-refractivity contribution in [3.05, 3.63) is 111 Å². The molecule has 1 N–H and O–H groups in total. The second-order valence-corrected chi connectivity index (χ2v) is 6.56. The minimum Gasteiger partial charge on any atom is -0.334 e. The van der Waals surface area contributed by atoms with Crippen molar-refractivity contribution in [1.82, 2.24) is 10.2 Å². The molecule has 29 heavy (non-hydrogen) atoms. The summed E-state index contributed by atoms with van der Waals surface area (Å²) in [7, 11) is 1.66. The molecule has 1 unspecified atom stereocenters. The van der Waals surface area contributed by atoms with Crippen LogP contribution in [0.15, 0.2) is 78.9 Å². The smallest absolute Gasteiger partial charge is 0.318 e. The number of rotatable bonds is 6. The second-order valence-electron chi connectivity index (χ2n) is 6.56. The Morgan fingerprint density at radius 1 is 1.03 bits per heavy atom. The predicted octanol–water partition coefficient (Wildman–Crippen LogP) is 4.66. The molecule has 3 aromatic rings. The van der Waals surface area contributed by atoms with Gasteiger partial charge in [0.25, 0.3) is 5.69 Å². The van der Waals surface area contributed by atoms with E-state index in [1.165, 1.54) is 29.2 Å². The number of nitro benzene ring substituents is 1. The van der Waals surface area contributed by atoms with Crippen LogP contribution in [0.1, 0.15) is 22.7 Å². The van der Waals surface area contributed by atoms with Gasteiger partial charge in [-0.2, -0.15) is 0 Å². The molecule has 0 fully saturated rings. The number of amides is 2. The maximum absolute atomic E-state index is 13.4. The highest BCUT2D eigenvalue weighted by atomic mass is 19.1. The lowest BCUT2D eigenvalue weighted by atomic mass is 9.97. The Bertz CT molecular complexity index is 994. The van der Waals surface area contributed by atoms with Crippen LogP contribution >= 0.6 is 0 Å². The van der Waals surface area contributed by atoms with E-state index in [9.17, 15) is 19.3 Å². The molecule has 0 saturated carbocycles. The number of hydrogen-bond donors (Lipinski definition) is 1. The van der Waals surface area contributed by atoms with Crippen molar-refractivity contribution < 1.29 is 14.1 Å². The van der Waals surface area contributed by atoms with Crippen molar-refractivity contribution in [2.45, 2.75) is 12.6 Å². The van der Waals surface area contributed by atoms with Crippen molar-refractivity contribution >= 4 is 11.7 Å².